The highest BCUT2D eigenvalue weighted by molar-refractivity contribution is 9.10. The summed E-state index contributed by atoms with van der Waals surface area (Å²) in [5.74, 6) is -0.189. The zero-order valence-corrected chi connectivity index (χ0v) is 11.7. The smallest absolute Gasteiger partial charge is 0.123 e. The van der Waals surface area contributed by atoms with Crippen LogP contribution in [0.5, 0.6) is 0 Å². The summed E-state index contributed by atoms with van der Waals surface area (Å²) in [5, 5.41) is 3.38. The van der Waals surface area contributed by atoms with Gasteiger partial charge in [-0.3, -0.25) is 0 Å². The van der Waals surface area contributed by atoms with Crippen LogP contribution in [-0.4, -0.2) is 0 Å². The van der Waals surface area contributed by atoms with Crippen molar-refractivity contribution in [1.82, 2.24) is 5.32 Å². The molecule has 0 aliphatic rings. The third-order valence-electron chi connectivity index (χ3n) is 2.87. The maximum atomic E-state index is 13.0. The van der Waals surface area contributed by atoms with E-state index in [4.69, 9.17) is 0 Å². The summed E-state index contributed by atoms with van der Waals surface area (Å²) < 4.78 is 14.1. The highest BCUT2D eigenvalue weighted by Crippen LogP contribution is 2.17. The van der Waals surface area contributed by atoms with Crippen LogP contribution < -0.4 is 5.32 Å². The summed E-state index contributed by atoms with van der Waals surface area (Å²) in [5.41, 5.74) is 2.17. The van der Waals surface area contributed by atoms with E-state index in [1.165, 1.54) is 11.6 Å². The van der Waals surface area contributed by atoms with Crippen LogP contribution in [0.1, 0.15) is 24.1 Å². The predicted octanol–water partition coefficient (Wildman–Crippen LogP) is 4.44. The molecule has 3 heteroatoms. The molecule has 0 fully saturated rings. The van der Waals surface area contributed by atoms with E-state index in [0.29, 0.717) is 6.54 Å². The first-order chi connectivity index (χ1) is 8.65. The number of benzene rings is 2. The first-order valence-corrected chi connectivity index (χ1v) is 6.68. The fourth-order valence-electron chi connectivity index (χ4n) is 1.79. The van der Waals surface area contributed by atoms with Gasteiger partial charge < -0.3 is 5.32 Å². The number of rotatable bonds is 4. The summed E-state index contributed by atoms with van der Waals surface area (Å²) in [4.78, 5) is 0. The van der Waals surface area contributed by atoms with E-state index in [0.717, 1.165) is 10.0 Å². The van der Waals surface area contributed by atoms with Crippen molar-refractivity contribution < 1.29 is 4.39 Å². The van der Waals surface area contributed by atoms with E-state index in [1.807, 2.05) is 18.2 Å². The summed E-state index contributed by atoms with van der Waals surface area (Å²) in [7, 11) is 0. The Kier molecular flexibility index (Phi) is 4.50. The highest BCUT2D eigenvalue weighted by atomic mass is 79.9. The number of hydrogen-bond acceptors (Lipinski definition) is 1. The lowest BCUT2D eigenvalue weighted by molar-refractivity contribution is 0.569. The minimum atomic E-state index is -0.189. The lowest BCUT2D eigenvalue weighted by atomic mass is 10.1. The summed E-state index contributed by atoms with van der Waals surface area (Å²) in [6.45, 7) is 2.76. The second kappa shape index (κ2) is 6.12. The Labute approximate surface area is 115 Å². The van der Waals surface area contributed by atoms with Gasteiger partial charge in [-0.2, -0.15) is 0 Å². The molecule has 2 rings (SSSR count). The summed E-state index contributed by atoms with van der Waals surface area (Å²) in [6, 6.07) is 15.1. The Bertz CT molecular complexity index is 510. The van der Waals surface area contributed by atoms with Gasteiger partial charge in [0.25, 0.3) is 0 Å². The van der Waals surface area contributed by atoms with Gasteiger partial charge in [0.1, 0.15) is 5.82 Å². The minimum Gasteiger partial charge on any atom is -0.306 e. The second-order valence-electron chi connectivity index (χ2n) is 4.28. The van der Waals surface area contributed by atoms with Gasteiger partial charge in [-0.15, -0.1) is 0 Å². The van der Waals surface area contributed by atoms with E-state index < -0.39 is 0 Å². The molecule has 1 atom stereocenters. The van der Waals surface area contributed by atoms with Crippen molar-refractivity contribution in [3.05, 3.63) is 69.9 Å². The molecular weight excluding hydrogens is 293 g/mol. The van der Waals surface area contributed by atoms with Gasteiger partial charge in [-0.25, -0.2) is 4.39 Å². The first kappa shape index (κ1) is 13.2. The number of hydrogen-bond donors (Lipinski definition) is 1. The molecule has 1 N–H and O–H groups in total. The zero-order valence-electron chi connectivity index (χ0n) is 10.2. The van der Waals surface area contributed by atoms with Crippen molar-refractivity contribution in [2.75, 3.05) is 0 Å². The minimum absolute atomic E-state index is 0.189. The molecule has 0 unspecified atom stereocenters. The molecule has 0 radical (unpaired) electrons. The van der Waals surface area contributed by atoms with Crippen LogP contribution in [0.15, 0.2) is 53.0 Å². The molecule has 0 aliphatic heterocycles. The third kappa shape index (κ3) is 3.65. The van der Waals surface area contributed by atoms with Crippen molar-refractivity contribution in [3.8, 4) is 0 Å². The molecule has 0 bridgehead atoms. The van der Waals surface area contributed by atoms with Crippen LogP contribution in [0.25, 0.3) is 0 Å². The normalized spacial score (nSPS) is 12.4. The molecule has 0 spiro atoms. The van der Waals surface area contributed by atoms with Gasteiger partial charge in [0.15, 0.2) is 0 Å². The quantitative estimate of drug-likeness (QED) is 0.880. The van der Waals surface area contributed by atoms with Crippen LogP contribution in [0.3, 0.4) is 0 Å². The Balaban J connectivity index is 1.96. The second-order valence-corrected chi connectivity index (χ2v) is 5.20. The van der Waals surface area contributed by atoms with Gasteiger partial charge in [0, 0.05) is 17.1 Å². The van der Waals surface area contributed by atoms with Gasteiger partial charge in [-0.1, -0.05) is 40.2 Å². The lowest BCUT2D eigenvalue weighted by Crippen LogP contribution is -2.18. The number of nitrogens with one attached hydrogen (secondary N) is 1. The topological polar surface area (TPSA) is 12.0 Å². The van der Waals surface area contributed by atoms with E-state index in [2.05, 4.69) is 40.3 Å². The maximum absolute atomic E-state index is 13.0. The maximum Gasteiger partial charge on any atom is 0.123 e. The Morgan fingerprint density at radius 2 is 1.89 bits per heavy atom. The molecule has 0 saturated carbocycles. The van der Waals surface area contributed by atoms with Crippen molar-refractivity contribution in [1.29, 1.82) is 0 Å². The highest BCUT2D eigenvalue weighted by Gasteiger charge is 2.04. The Morgan fingerprint density at radius 3 is 2.56 bits per heavy atom. The Morgan fingerprint density at radius 1 is 1.17 bits per heavy atom. The van der Waals surface area contributed by atoms with Crippen molar-refractivity contribution in [2.24, 2.45) is 0 Å². The average molecular weight is 308 g/mol. The SMILES string of the molecule is C[C@@H](NCc1cccc(F)c1)c1ccc(Br)cc1. The molecule has 18 heavy (non-hydrogen) atoms. The average Bonchev–Trinajstić information content (AvgIpc) is 2.37. The first-order valence-electron chi connectivity index (χ1n) is 5.88. The molecule has 0 heterocycles. The molecule has 2 aromatic carbocycles. The molecule has 1 nitrogen and oxygen atoms in total. The van der Waals surface area contributed by atoms with E-state index in [-0.39, 0.29) is 11.9 Å². The molecular formula is C15H15BrFN. The standard InChI is InChI=1S/C15H15BrFN/c1-11(13-5-7-14(16)8-6-13)18-10-12-3-2-4-15(17)9-12/h2-9,11,18H,10H2,1H3/t11-/m1/s1. The van der Waals surface area contributed by atoms with Crippen molar-refractivity contribution in [3.63, 3.8) is 0 Å². The van der Waals surface area contributed by atoms with Gasteiger partial charge in [0.05, 0.1) is 0 Å². The van der Waals surface area contributed by atoms with E-state index >= 15 is 0 Å². The lowest BCUT2D eigenvalue weighted by Gasteiger charge is -2.14. The van der Waals surface area contributed by atoms with Crippen LogP contribution in [-0.2, 0) is 6.54 Å². The molecule has 94 valence electrons. The Hall–Kier alpha value is -1.19. The monoisotopic (exact) mass is 307 g/mol. The zero-order chi connectivity index (χ0) is 13.0. The molecule has 0 amide bonds. The molecule has 0 aliphatic carbocycles. The molecule has 2 aromatic rings. The van der Waals surface area contributed by atoms with Crippen LogP contribution in [0.2, 0.25) is 0 Å². The van der Waals surface area contributed by atoms with E-state index in [1.54, 1.807) is 12.1 Å². The molecule has 0 aromatic heterocycles. The van der Waals surface area contributed by atoms with Gasteiger partial charge >= 0.3 is 0 Å². The van der Waals surface area contributed by atoms with Gasteiger partial charge in [-0.05, 0) is 42.3 Å². The van der Waals surface area contributed by atoms with Crippen LogP contribution in [0, 0.1) is 5.82 Å². The number of halogens is 2. The van der Waals surface area contributed by atoms with Crippen molar-refractivity contribution >= 4 is 15.9 Å². The predicted molar refractivity (Wildman–Crippen MR) is 75.8 cm³/mol. The van der Waals surface area contributed by atoms with Gasteiger partial charge in [0.2, 0.25) is 0 Å². The summed E-state index contributed by atoms with van der Waals surface area (Å²) in [6.07, 6.45) is 0. The van der Waals surface area contributed by atoms with Crippen LogP contribution >= 0.6 is 15.9 Å². The fraction of sp³-hybridized carbons (Fsp3) is 0.200. The van der Waals surface area contributed by atoms with Crippen molar-refractivity contribution in [2.45, 2.75) is 19.5 Å². The largest absolute Gasteiger partial charge is 0.306 e. The molecule has 0 saturated heterocycles. The third-order valence-corrected chi connectivity index (χ3v) is 3.40. The van der Waals surface area contributed by atoms with E-state index in [9.17, 15) is 4.39 Å². The fourth-order valence-corrected chi connectivity index (χ4v) is 2.05. The van der Waals surface area contributed by atoms with Crippen LogP contribution in [0.4, 0.5) is 4.39 Å². The summed E-state index contributed by atoms with van der Waals surface area (Å²) >= 11 is 3.42.